The molecular weight excluding hydrogens is 440 g/mol. The zero-order valence-corrected chi connectivity index (χ0v) is 19.0. The Hall–Kier alpha value is -2.02. The van der Waals surface area contributed by atoms with Gasteiger partial charge in [-0.1, -0.05) is 29.5 Å². The van der Waals surface area contributed by atoms with Crippen LogP contribution in [-0.2, 0) is 26.1 Å². The minimum Gasteiger partial charge on any atom is -0.376 e. The Labute approximate surface area is 186 Å². The summed E-state index contributed by atoms with van der Waals surface area (Å²) < 4.78 is 34.4. The van der Waals surface area contributed by atoms with Gasteiger partial charge in [-0.25, -0.2) is 13.1 Å². The van der Waals surface area contributed by atoms with Crippen LogP contribution in [0.3, 0.4) is 0 Å². The van der Waals surface area contributed by atoms with Crippen molar-refractivity contribution < 1.29 is 17.9 Å². The van der Waals surface area contributed by atoms with E-state index in [0.29, 0.717) is 24.8 Å². The van der Waals surface area contributed by atoms with Gasteiger partial charge in [0.05, 0.1) is 23.3 Å². The highest BCUT2D eigenvalue weighted by Gasteiger charge is 2.30. The van der Waals surface area contributed by atoms with Crippen LogP contribution in [0.4, 0.5) is 0 Å². The molecule has 0 radical (unpaired) electrons. The lowest BCUT2D eigenvalue weighted by molar-refractivity contribution is -0.129. The highest BCUT2D eigenvalue weighted by molar-refractivity contribution is 7.99. The van der Waals surface area contributed by atoms with Gasteiger partial charge in [0, 0.05) is 32.8 Å². The van der Waals surface area contributed by atoms with Crippen molar-refractivity contribution in [2.45, 2.75) is 42.5 Å². The van der Waals surface area contributed by atoms with Crippen LogP contribution >= 0.6 is 11.8 Å². The lowest BCUT2D eigenvalue weighted by Gasteiger charge is -2.34. The highest BCUT2D eigenvalue weighted by Crippen LogP contribution is 2.21. The second-order valence-electron chi connectivity index (χ2n) is 7.67. The van der Waals surface area contributed by atoms with Gasteiger partial charge in [0.1, 0.15) is 0 Å². The summed E-state index contributed by atoms with van der Waals surface area (Å²) in [5, 5.41) is 12.3. The SMILES string of the molecule is Cc1ccc(S(=O)(=O)N2CCN(C(=O)CSc3nnnn3C[C@@H]3CCCO3)CC2)cc1. The van der Waals surface area contributed by atoms with Crippen molar-refractivity contribution in [2.24, 2.45) is 0 Å². The van der Waals surface area contributed by atoms with Crippen molar-refractivity contribution in [3.05, 3.63) is 29.8 Å². The van der Waals surface area contributed by atoms with E-state index in [4.69, 9.17) is 4.74 Å². The van der Waals surface area contributed by atoms with E-state index in [0.717, 1.165) is 25.0 Å². The Morgan fingerprint density at radius 2 is 1.94 bits per heavy atom. The Morgan fingerprint density at radius 1 is 1.19 bits per heavy atom. The van der Waals surface area contributed by atoms with Gasteiger partial charge in [-0.3, -0.25) is 4.79 Å². The van der Waals surface area contributed by atoms with Crippen molar-refractivity contribution in [2.75, 3.05) is 38.5 Å². The Balaban J connectivity index is 1.28. The van der Waals surface area contributed by atoms with Crippen molar-refractivity contribution in [1.82, 2.24) is 29.4 Å². The van der Waals surface area contributed by atoms with Gasteiger partial charge in [0.2, 0.25) is 21.1 Å². The van der Waals surface area contributed by atoms with Gasteiger partial charge in [0.25, 0.3) is 0 Å². The zero-order valence-electron chi connectivity index (χ0n) is 17.4. The monoisotopic (exact) mass is 466 g/mol. The summed E-state index contributed by atoms with van der Waals surface area (Å²) in [6, 6.07) is 6.83. The summed E-state index contributed by atoms with van der Waals surface area (Å²) in [6.45, 7) is 4.56. The summed E-state index contributed by atoms with van der Waals surface area (Å²) in [5.41, 5.74) is 1.01. The number of carbonyl (C=O) groups excluding carboxylic acids is 1. The van der Waals surface area contributed by atoms with Gasteiger partial charge in [-0.15, -0.1) is 5.10 Å². The maximum Gasteiger partial charge on any atom is 0.243 e. The van der Waals surface area contributed by atoms with Gasteiger partial charge in [0.15, 0.2) is 0 Å². The predicted octanol–water partition coefficient (Wildman–Crippen LogP) is 0.786. The molecule has 1 aromatic heterocycles. The first-order valence-corrected chi connectivity index (χ1v) is 12.7. The summed E-state index contributed by atoms with van der Waals surface area (Å²) in [4.78, 5) is 14.6. The fourth-order valence-electron chi connectivity index (χ4n) is 3.65. The van der Waals surface area contributed by atoms with Crippen molar-refractivity contribution in [1.29, 1.82) is 0 Å². The highest BCUT2D eigenvalue weighted by atomic mass is 32.2. The molecule has 0 aliphatic carbocycles. The molecule has 4 rings (SSSR count). The molecule has 2 saturated heterocycles. The molecule has 2 aliphatic rings. The first-order valence-electron chi connectivity index (χ1n) is 10.3. The third-order valence-corrected chi connectivity index (χ3v) is 8.33. The molecule has 12 heteroatoms. The van der Waals surface area contributed by atoms with E-state index in [2.05, 4.69) is 15.5 Å². The Morgan fingerprint density at radius 3 is 2.61 bits per heavy atom. The van der Waals surface area contributed by atoms with Crippen molar-refractivity contribution in [3.63, 3.8) is 0 Å². The topological polar surface area (TPSA) is 111 Å². The Kier molecular flexibility index (Phi) is 6.89. The van der Waals surface area contributed by atoms with E-state index < -0.39 is 10.0 Å². The fourth-order valence-corrected chi connectivity index (χ4v) is 5.86. The minimum absolute atomic E-state index is 0.0518. The Bertz CT molecular complexity index is 997. The number of amides is 1. The van der Waals surface area contributed by atoms with E-state index in [1.165, 1.54) is 16.1 Å². The average molecular weight is 467 g/mol. The zero-order chi connectivity index (χ0) is 21.8. The first-order chi connectivity index (χ1) is 14.9. The number of sulfonamides is 1. The molecule has 0 unspecified atom stereocenters. The van der Waals surface area contributed by atoms with E-state index >= 15 is 0 Å². The maximum atomic E-state index is 12.8. The van der Waals surface area contributed by atoms with Crippen LogP contribution in [0, 0.1) is 6.92 Å². The average Bonchev–Trinajstić information content (AvgIpc) is 3.45. The molecule has 0 N–H and O–H groups in total. The van der Waals surface area contributed by atoms with E-state index in [-0.39, 0.29) is 35.7 Å². The molecule has 2 aliphatic heterocycles. The normalized spacial score (nSPS) is 20.3. The minimum atomic E-state index is -3.54. The number of aryl methyl sites for hydroxylation is 1. The number of ether oxygens (including phenoxy) is 1. The summed E-state index contributed by atoms with van der Waals surface area (Å²) >= 11 is 1.29. The smallest absolute Gasteiger partial charge is 0.243 e. The number of hydrogen-bond acceptors (Lipinski definition) is 8. The number of benzene rings is 1. The molecule has 0 bridgehead atoms. The lowest BCUT2D eigenvalue weighted by atomic mass is 10.2. The third-order valence-electron chi connectivity index (χ3n) is 5.47. The van der Waals surface area contributed by atoms with Gasteiger partial charge in [-0.05, 0) is 42.3 Å². The number of piperazine rings is 1. The second kappa shape index (κ2) is 9.63. The van der Waals surface area contributed by atoms with Gasteiger partial charge in [-0.2, -0.15) is 4.31 Å². The van der Waals surface area contributed by atoms with E-state index in [1.807, 2.05) is 6.92 Å². The van der Waals surface area contributed by atoms with E-state index in [9.17, 15) is 13.2 Å². The van der Waals surface area contributed by atoms with Crippen LogP contribution in [-0.4, -0.2) is 88.4 Å². The summed E-state index contributed by atoms with van der Waals surface area (Å²) in [7, 11) is -3.54. The fraction of sp³-hybridized carbons (Fsp3) is 0.579. The number of aromatic nitrogens is 4. The standard InChI is InChI=1S/C19H26N6O4S2/c1-15-4-6-17(7-5-15)31(27,28)24-10-8-23(9-11-24)18(26)14-30-19-20-21-22-25(19)13-16-3-2-12-29-16/h4-7,16H,2-3,8-14H2,1H3/t16-/m0/s1. The largest absolute Gasteiger partial charge is 0.376 e. The molecule has 1 amide bonds. The van der Waals surface area contributed by atoms with Crippen LogP contribution in [0.1, 0.15) is 18.4 Å². The molecule has 2 fully saturated rings. The molecule has 3 heterocycles. The molecule has 31 heavy (non-hydrogen) atoms. The van der Waals surface area contributed by atoms with Crippen molar-refractivity contribution in [3.8, 4) is 0 Å². The molecule has 0 saturated carbocycles. The number of carbonyl (C=O) groups is 1. The van der Waals surface area contributed by atoms with Crippen LogP contribution in [0.2, 0.25) is 0 Å². The third kappa shape index (κ3) is 5.25. The molecule has 1 aromatic carbocycles. The van der Waals surface area contributed by atoms with Crippen LogP contribution in [0.5, 0.6) is 0 Å². The molecular formula is C19H26N6O4S2. The molecule has 10 nitrogen and oxygen atoms in total. The molecule has 0 spiro atoms. The van der Waals surface area contributed by atoms with Gasteiger partial charge >= 0.3 is 0 Å². The summed E-state index contributed by atoms with van der Waals surface area (Å²) in [5.74, 6) is 0.153. The number of tetrazole rings is 1. The number of thioether (sulfide) groups is 1. The number of hydrogen-bond donors (Lipinski definition) is 0. The molecule has 1 atom stereocenters. The van der Waals surface area contributed by atoms with Crippen molar-refractivity contribution >= 4 is 27.7 Å². The maximum absolute atomic E-state index is 12.8. The quantitative estimate of drug-likeness (QED) is 0.551. The number of rotatable bonds is 7. The molecule has 168 valence electrons. The number of nitrogens with zero attached hydrogens (tertiary/aromatic N) is 6. The van der Waals surface area contributed by atoms with Crippen LogP contribution < -0.4 is 0 Å². The van der Waals surface area contributed by atoms with Crippen LogP contribution in [0.25, 0.3) is 0 Å². The molecule has 2 aromatic rings. The van der Waals surface area contributed by atoms with Crippen LogP contribution in [0.15, 0.2) is 34.3 Å². The van der Waals surface area contributed by atoms with E-state index in [1.54, 1.807) is 33.8 Å². The first kappa shape index (κ1) is 22.2. The predicted molar refractivity (Wildman–Crippen MR) is 114 cm³/mol. The second-order valence-corrected chi connectivity index (χ2v) is 10.5. The summed E-state index contributed by atoms with van der Waals surface area (Å²) in [6.07, 6.45) is 2.14. The van der Waals surface area contributed by atoms with Gasteiger partial charge < -0.3 is 9.64 Å². The lowest BCUT2D eigenvalue weighted by Crippen LogP contribution is -2.51.